The second-order valence-corrected chi connectivity index (χ2v) is 6.50. The smallest absolute Gasteiger partial charge is 0.334 e. The van der Waals surface area contributed by atoms with E-state index < -0.39 is 41.2 Å². The van der Waals surface area contributed by atoms with Crippen LogP contribution in [0.2, 0.25) is 0 Å². The van der Waals surface area contributed by atoms with E-state index in [1.165, 1.54) is 0 Å². The zero-order valence-electron chi connectivity index (χ0n) is 16.7. The number of aliphatic hydroxyl groups excluding tert-OH is 1. The lowest BCUT2D eigenvalue weighted by Crippen LogP contribution is -2.82. The van der Waals surface area contributed by atoms with Crippen molar-refractivity contribution in [3.8, 4) is 0 Å². The van der Waals surface area contributed by atoms with Gasteiger partial charge in [-0.3, -0.25) is 4.79 Å². The molecule has 162 valence electrons. The van der Waals surface area contributed by atoms with E-state index in [-0.39, 0.29) is 19.4 Å². The van der Waals surface area contributed by atoms with Gasteiger partial charge in [-0.1, -0.05) is 37.3 Å². The van der Waals surface area contributed by atoms with Crippen LogP contribution in [-0.4, -0.2) is 65.6 Å². The third-order valence-corrected chi connectivity index (χ3v) is 4.65. The average molecular weight is 412 g/mol. The third-order valence-electron chi connectivity index (χ3n) is 4.65. The molecule has 0 fully saturated rings. The van der Waals surface area contributed by atoms with Crippen molar-refractivity contribution in [3.05, 3.63) is 35.9 Å². The number of carboxylic acid groups (broad SMARTS) is 1. The topological polar surface area (TPSA) is 171 Å². The number of ketones is 1. The maximum Gasteiger partial charge on any atom is 0.334 e. The zero-order valence-corrected chi connectivity index (χ0v) is 16.7. The first-order chi connectivity index (χ1) is 13.6. The van der Waals surface area contributed by atoms with Gasteiger partial charge in [0, 0.05) is 20.6 Å². The number of carbonyl (C=O) groups is 3. The number of ether oxygens (including phenoxy) is 3. The molecule has 6 N–H and O–H groups in total. The van der Waals surface area contributed by atoms with Crippen LogP contribution in [0, 0.1) is 0 Å². The Balaban J connectivity index is 3.44. The molecule has 0 bridgehead atoms. The lowest BCUT2D eigenvalue weighted by Gasteiger charge is -2.43. The molecular weight excluding hydrogens is 384 g/mol. The van der Waals surface area contributed by atoms with Gasteiger partial charge in [0.1, 0.15) is 12.7 Å². The minimum absolute atomic E-state index is 0.244. The van der Waals surface area contributed by atoms with E-state index in [2.05, 4.69) is 0 Å². The summed E-state index contributed by atoms with van der Waals surface area (Å²) in [5.74, 6) is -4.32. The minimum Gasteiger partial charge on any atom is -0.479 e. The maximum atomic E-state index is 13.0. The van der Waals surface area contributed by atoms with Gasteiger partial charge in [-0.05, 0) is 12.0 Å². The first kappa shape index (κ1) is 24.7. The molecule has 3 unspecified atom stereocenters. The Labute approximate surface area is 168 Å². The van der Waals surface area contributed by atoms with Gasteiger partial charge in [-0.25, -0.2) is 9.59 Å². The number of aliphatic hydroxyl groups is 1. The first-order valence-electron chi connectivity index (χ1n) is 8.90. The molecule has 3 atom stereocenters. The van der Waals surface area contributed by atoms with Gasteiger partial charge in [-0.2, -0.15) is 0 Å². The fraction of sp³-hybridized carbons (Fsp3) is 0.526. The van der Waals surface area contributed by atoms with E-state index in [9.17, 15) is 24.6 Å². The van der Waals surface area contributed by atoms with Crippen LogP contribution < -0.4 is 11.5 Å². The van der Waals surface area contributed by atoms with Crippen LogP contribution in [0.15, 0.2) is 30.3 Å². The lowest BCUT2D eigenvalue weighted by atomic mass is 9.70. The monoisotopic (exact) mass is 412 g/mol. The van der Waals surface area contributed by atoms with Crippen LogP contribution in [0.3, 0.4) is 0 Å². The summed E-state index contributed by atoms with van der Waals surface area (Å²) in [6.45, 7) is 1.34. The van der Waals surface area contributed by atoms with E-state index in [0.29, 0.717) is 5.56 Å². The molecule has 10 nitrogen and oxygen atoms in total. The molecule has 10 heteroatoms. The van der Waals surface area contributed by atoms with Crippen molar-refractivity contribution < 1.29 is 38.8 Å². The number of rotatable bonds is 12. The zero-order chi connectivity index (χ0) is 22.2. The number of esters is 1. The molecule has 1 aromatic carbocycles. The van der Waals surface area contributed by atoms with Crippen molar-refractivity contribution in [3.63, 3.8) is 0 Å². The van der Waals surface area contributed by atoms with E-state index in [1.54, 1.807) is 37.3 Å². The van der Waals surface area contributed by atoms with Crippen LogP contribution >= 0.6 is 0 Å². The van der Waals surface area contributed by atoms with Crippen molar-refractivity contribution in [1.82, 2.24) is 0 Å². The quantitative estimate of drug-likeness (QED) is 0.200. The Hall–Kier alpha value is -2.37. The molecular formula is C19H28N2O8. The number of methoxy groups -OCH3 is 2. The molecule has 0 aliphatic rings. The summed E-state index contributed by atoms with van der Waals surface area (Å²) >= 11 is 0. The second kappa shape index (κ2) is 10.4. The number of carboxylic acids is 1. The summed E-state index contributed by atoms with van der Waals surface area (Å²) in [6.07, 6.45) is -3.73. The fourth-order valence-corrected chi connectivity index (χ4v) is 2.88. The third kappa shape index (κ3) is 4.80. The molecule has 29 heavy (non-hydrogen) atoms. The molecule has 0 heterocycles. The number of nitrogens with two attached hydrogens (primary N) is 2. The van der Waals surface area contributed by atoms with Crippen LogP contribution in [0.25, 0.3) is 0 Å². The standard InChI is InChI=1S/C19H28N2O8/c1-4-8-13(22)18(20,16(24)25)19(21,14(23)15(27-2)28-3)17(26)29-11-12-9-6-5-7-10-12/h5-7,9-10,14-15,23H,4,8,11,20-21H2,1-3H3,(H,24,25). The predicted molar refractivity (Wildman–Crippen MR) is 101 cm³/mol. The minimum atomic E-state index is -2.99. The first-order valence-corrected chi connectivity index (χ1v) is 8.90. The Kier molecular flexibility index (Phi) is 8.86. The summed E-state index contributed by atoms with van der Waals surface area (Å²) in [6, 6.07) is 8.47. The van der Waals surface area contributed by atoms with Gasteiger partial charge < -0.3 is 35.9 Å². The van der Waals surface area contributed by atoms with E-state index in [0.717, 1.165) is 14.2 Å². The SMILES string of the molecule is CCCC(=O)C(N)(C(=O)O)C(N)(C(=O)OCc1ccccc1)C(O)C(OC)OC. The number of benzene rings is 1. The number of carbonyl (C=O) groups excluding carboxylic acids is 2. The molecule has 0 spiro atoms. The number of hydrogen-bond acceptors (Lipinski definition) is 9. The molecule has 1 rings (SSSR count). The summed E-state index contributed by atoms with van der Waals surface area (Å²) in [5, 5.41) is 20.5. The van der Waals surface area contributed by atoms with Crippen molar-refractivity contribution >= 4 is 17.7 Å². The van der Waals surface area contributed by atoms with Gasteiger partial charge in [0.25, 0.3) is 0 Å². The second-order valence-electron chi connectivity index (χ2n) is 6.50. The number of hydrogen-bond donors (Lipinski definition) is 4. The van der Waals surface area contributed by atoms with Crippen LogP contribution in [0.1, 0.15) is 25.3 Å². The molecule has 0 amide bonds. The summed E-state index contributed by atoms with van der Waals surface area (Å²) in [7, 11) is 2.28. The predicted octanol–water partition coefficient (Wildman–Crippen LogP) is -0.442. The summed E-state index contributed by atoms with van der Waals surface area (Å²) in [5.41, 5.74) is 6.70. The van der Waals surface area contributed by atoms with Crippen molar-refractivity contribution in [2.75, 3.05) is 14.2 Å². The van der Waals surface area contributed by atoms with Crippen LogP contribution in [-0.2, 0) is 35.2 Å². The highest BCUT2D eigenvalue weighted by Gasteiger charge is 2.67. The normalized spacial score (nSPS) is 16.5. The molecule has 1 aromatic rings. The highest BCUT2D eigenvalue weighted by Crippen LogP contribution is 2.30. The van der Waals surface area contributed by atoms with Crippen LogP contribution in [0.4, 0.5) is 0 Å². The Morgan fingerprint density at radius 1 is 1.10 bits per heavy atom. The van der Waals surface area contributed by atoms with Crippen molar-refractivity contribution in [2.24, 2.45) is 11.5 Å². The molecule has 0 saturated carbocycles. The summed E-state index contributed by atoms with van der Waals surface area (Å²) in [4.78, 5) is 37.7. The van der Waals surface area contributed by atoms with E-state index in [4.69, 9.17) is 25.7 Å². The number of aliphatic carboxylic acids is 1. The van der Waals surface area contributed by atoms with Crippen molar-refractivity contribution in [1.29, 1.82) is 0 Å². The maximum absolute atomic E-state index is 13.0. The average Bonchev–Trinajstić information content (AvgIpc) is 2.72. The van der Waals surface area contributed by atoms with E-state index >= 15 is 0 Å². The van der Waals surface area contributed by atoms with Crippen LogP contribution in [0.5, 0.6) is 0 Å². The molecule has 0 aliphatic carbocycles. The number of Topliss-reactive ketones (excluding diaryl/α,β-unsaturated/α-hetero) is 1. The van der Waals surface area contributed by atoms with Gasteiger partial charge in [0.2, 0.25) is 5.54 Å². The van der Waals surface area contributed by atoms with Gasteiger partial charge in [0.15, 0.2) is 17.6 Å². The largest absolute Gasteiger partial charge is 0.479 e. The Bertz CT molecular complexity index is 709. The van der Waals surface area contributed by atoms with Crippen molar-refractivity contribution in [2.45, 2.75) is 49.8 Å². The van der Waals surface area contributed by atoms with Gasteiger partial charge in [0.05, 0.1) is 0 Å². The fourth-order valence-electron chi connectivity index (χ4n) is 2.88. The van der Waals surface area contributed by atoms with Gasteiger partial charge in [-0.15, -0.1) is 0 Å². The highest BCUT2D eigenvalue weighted by atomic mass is 16.7. The molecule has 0 aliphatic heterocycles. The molecule has 0 saturated heterocycles. The van der Waals surface area contributed by atoms with Gasteiger partial charge >= 0.3 is 11.9 Å². The lowest BCUT2D eigenvalue weighted by molar-refractivity contribution is -0.206. The van der Waals surface area contributed by atoms with E-state index in [1.807, 2.05) is 0 Å². The summed E-state index contributed by atoms with van der Waals surface area (Å²) < 4.78 is 15.0. The highest BCUT2D eigenvalue weighted by molar-refractivity contribution is 6.14. The Morgan fingerprint density at radius 3 is 2.10 bits per heavy atom. The molecule has 0 radical (unpaired) electrons. The Morgan fingerprint density at radius 2 is 1.66 bits per heavy atom. The molecule has 0 aromatic heterocycles.